The summed E-state index contributed by atoms with van der Waals surface area (Å²) in [5.41, 5.74) is 18.2. The van der Waals surface area contributed by atoms with E-state index in [0.717, 1.165) is 12.5 Å². The van der Waals surface area contributed by atoms with E-state index in [0.29, 0.717) is 12.0 Å². The highest BCUT2D eigenvalue weighted by atomic mass is 16.4. The molecule has 2 aromatic rings. The molecule has 44 heteroatoms. The van der Waals surface area contributed by atoms with Gasteiger partial charge in [0.1, 0.15) is 78.5 Å². The van der Waals surface area contributed by atoms with E-state index < -0.39 is 273 Å². The molecule has 0 aliphatic heterocycles. The molecule has 0 heterocycles. The number of rotatable bonds is 63. The van der Waals surface area contributed by atoms with Crippen molar-refractivity contribution in [2.75, 3.05) is 26.7 Å². The molecule has 44 nitrogen and oxygen atoms in total. The van der Waals surface area contributed by atoms with Gasteiger partial charge in [-0.15, -0.1) is 0 Å². The summed E-state index contributed by atoms with van der Waals surface area (Å²) in [5.74, 6) is -22.9. The standard InChI is InChI=1S/C82H130N20O24/c1-10-11-25-50(91-74(119)53(28-32-62(84)104)93-72(117)51(26-18-19-36-83)92-80(125)61(43-103)101-79(124)59(39-45(4)5)99-77(122)57(41-66(111)112)89-42-49-23-16-13-17-24-49)71(116)95-55(30-34-64(107)108)76(121)96-56(31-35-65(109)110)75(120)94-54(29-33-63(105)106)70(115)90-47(8)68(113)102-67(46(6)7)81(126)97-52(27-20-37-88-82(85)86)73(118)98-58(38-44(2)3)78(123)100-60(69(114)87-9)40-48-21-14-12-15-22-48/h12-17,21-24,44-47,50-61,67,89,103H,10-11,18-20,25-43,83H2,1-9H3,(H2,84,104)(H,87,114)(H,90,115)(H,91,119)(H,92,125)(H,93,117)(H,94,120)(H,95,116)(H,96,121)(H,97,126)(H,98,118)(H,99,122)(H,100,123)(H,101,124)(H,102,113)(H,105,106)(H,107,108)(H,109,110)(H,111,112)(H4,85,86,88)/t47-,50-,51-,52+,53-,54-,55-,56-,57-,58-,59-,60-,61-,67-/m0/s1. The number of likely N-dealkylation sites (N-methyl/N-ethyl adjacent to an activating group) is 1. The largest absolute Gasteiger partial charge is 0.481 e. The van der Waals surface area contributed by atoms with Gasteiger partial charge in [-0.3, -0.25) is 96.5 Å². The molecule has 0 aliphatic carbocycles. The molecule has 28 N–H and O–H groups in total. The highest BCUT2D eigenvalue weighted by Gasteiger charge is 2.39. The van der Waals surface area contributed by atoms with Crippen molar-refractivity contribution in [3.8, 4) is 0 Å². The Bertz CT molecular complexity index is 3970. The summed E-state index contributed by atoms with van der Waals surface area (Å²) in [6.07, 6.45) is -6.05. The Labute approximate surface area is 731 Å². The lowest BCUT2D eigenvalue weighted by Gasteiger charge is -2.29. The number of carbonyl (C=O) groups is 19. The third-order valence-electron chi connectivity index (χ3n) is 19.6. The van der Waals surface area contributed by atoms with Gasteiger partial charge in [-0.1, -0.05) is 122 Å². The molecule has 0 aliphatic rings. The van der Waals surface area contributed by atoms with Gasteiger partial charge >= 0.3 is 23.9 Å². The maximum atomic E-state index is 14.5. The fourth-order valence-corrected chi connectivity index (χ4v) is 12.7. The van der Waals surface area contributed by atoms with Crippen molar-refractivity contribution in [3.05, 3.63) is 71.8 Å². The van der Waals surface area contributed by atoms with Crippen LogP contribution >= 0.6 is 0 Å². The number of guanidine groups is 1. The van der Waals surface area contributed by atoms with Crippen molar-refractivity contribution >= 4 is 118 Å². The van der Waals surface area contributed by atoms with Gasteiger partial charge in [0.2, 0.25) is 88.6 Å². The number of hydrogen-bond donors (Lipinski definition) is 25. The molecule has 0 saturated carbocycles. The Balaban J connectivity index is 2.50. The smallest absolute Gasteiger partial charge is 0.305 e. The number of amides is 15. The Morgan fingerprint density at radius 2 is 0.722 bits per heavy atom. The van der Waals surface area contributed by atoms with E-state index in [9.17, 15) is 117 Å². The van der Waals surface area contributed by atoms with Gasteiger partial charge in [-0.05, 0) is 119 Å². The average Bonchev–Trinajstić information content (AvgIpc) is 0.854. The van der Waals surface area contributed by atoms with E-state index >= 15 is 0 Å². The summed E-state index contributed by atoms with van der Waals surface area (Å²) >= 11 is 0. The monoisotopic (exact) mass is 1780 g/mol. The van der Waals surface area contributed by atoms with Gasteiger partial charge in [0.25, 0.3) is 0 Å². The minimum absolute atomic E-state index is 0.0420. The second kappa shape index (κ2) is 58.6. The Morgan fingerprint density at radius 1 is 0.373 bits per heavy atom. The van der Waals surface area contributed by atoms with Crippen molar-refractivity contribution in [2.24, 2.45) is 35.0 Å². The molecular weight excluding hydrogens is 1650 g/mol. The molecule has 0 fully saturated rings. The molecule has 0 bridgehead atoms. The number of hydrogen-bond acceptors (Lipinski definition) is 23. The number of nitrogens with one attached hydrogen (secondary N) is 17. The molecule has 0 aromatic heterocycles. The van der Waals surface area contributed by atoms with Gasteiger partial charge in [0, 0.05) is 52.2 Å². The van der Waals surface area contributed by atoms with E-state index in [1.54, 1.807) is 95.3 Å². The summed E-state index contributed by atoms with van der Waals surface area (Å²) in [4.78, 5) is 258. The summed E-state index contributed by atoms with van der Waals surface area (Å²) in [6.45, 7) is 12.0. The van der Waals surface area contributed by atoms with Crippen molar-refractivity contribution in [1.82, 2.24) is 85.1 Å². The van der Waals surface area contributed by atoms with Gasteiger partial charge in [-0.2, -0.15) is 0 Å². The fourth-order valence-electron chi connectivity index (χ4n) is 12.7. The minimum Gasteiger partial charge on any atom is -0.481 e. The molecule has 0 spiro atoms. The minimum atomic E-state index is -1.99. The zero-order valence-electron chi connectivity index (χ0n) is 72.8. The van der Waals surface area contributed by atoms with Crippen molar-refractivity contribution in [2.45, 2.75) is 275 Å². The summed E-state index contributed by atoms with van der Waals surface area (Å²) < 4.78 is 0. The van der Waals surface area contributed by atoms with Gasteiger partial charge in [0.15, 0.2) is 5.96 Å². The number of aliphatic hydroxyl groups is 1. The molecule has 2 aromatic carbocycles. The quantitative estimate of drug-likeness (QED) is 0.0171. The van der Waals surface area contributed by atoms with Crippen LogP contribution < -0.4 is 102 Å². The number of benzene rings is 2. The van der Waals surface area contributed by atoms with Crippen LogP contribution in [0.15, 0.2) is 60.7 Å². The first-order chi connectivity index (χ1) is 59.4. The average molecular weight is 1780 g/mol. The van der Waals surface area contributed by atoms with Crippen LogP contribution in [0.1, 0.15) is 189 Å². The van der Waals surface area contributed by atoms with E-state index in [1.807, 2.05) is 0 Å². The van der Waals surface area contributed by atoms with Crippen LogP contribution in [0.3, 0.4) is 0 Å². The number of carboxylic acid groups (broad SMARTS) is 4. The van der Waals surface area contributed by atoms with Crippen LogP contribution in [0.2, 0.25) is 0 Å². The van der Waals surface area contributed by atoms with Gasteiger partial charge < -0.3 is 128 Å². The lowest BCUT2D eigenvalue weighted by atomic mass is 9.99. The number of carbonyl (C=O) groups excluding carboxylic acids is 15. The molecule has 126 heavy (non-hydrogen) atoms. The van der Waals surface area contributed by atoms with E-state index in [1.165, 1.54) is 20.9 Å². The lowest BCUT2D eigenvalue weighted by molar-refractivity contribution is -0.140. The van der Waals surface area contributed by atoms with Crippen LogP contribution in [-0.4, -0.2) is 255 Å². The van der Waals surface area contributed by atoms with Crippen molar-refractivity contribution in [3.63, 3.8) is 0 Å². The lowest BCUT2D eigenvalue weighted by Crippen LogP contribution is -2.61. The van der Waals surface area contributed by atoms with Gasteiger partial charge in [-0.25, -0.2) is 0 Å². The summed E-state index contributed by atoms with van der Waals surface area (Å²) in [6, 6.07) is -4.74. The zero-order chi connectivity index (χ0) is 94.9. The number of carboxylic acids is 4. The van der Waals surface area contributed by atoms with E-state index in [-0.39, 0.29) is 95.7 Å². The number of unbranched alkanes of at least 4 members (excludes halogenated alkanes) is 2. The highest BCUT2D eigenvalue weighted by molar-refractivity contribution is 6.01. The second-order valence-corrected chi connectivity index (χ2v) is 31.6. The molecule has 2 rings (SSSR count). The third-order valence-corrected chi connectivity index (χ3v) is 19.6. The third kappa shape index (κ3) is 43.7. The summed E-state index contributed by atoms with van der Waals surface area (Å²) in [5, 5.41) is 97.1. The maximum absolute atomic E-state index is 14.5. The number of aliphatic carboxylic acids is 4. The Hall–Kier alpha value is -12.5. The first-order valence-corrected chi connectivity index (χ1v) is 42.0. The second-order valence-electron chi connectivity index (χ2n) is 31.6. The molecule has 0 unspecified atom stereocenters. The number of primary amides is 1. The zero-order valence-corrected chi connectivity index (χ0v) is 72.8. The van der Waals surface area contributed by atoms with Crippen molar-refractivity contribution in [1.29, 1.82) is 5.41 Å². The molecular formula is C82H130N20O24. The Morgan fingerprint density at radius 3 is 1.10 bits per heavy atom. The molecule has 0 saturated heterocycles. The van der Waals surface area contributed by atoms with Crippen molar-refractivity contribution < 1.29 is 117 Å². The van der Waals surface area contributed by atoms with Crippen LogP contribution in [0, 0.1) is 23.2 Å². The molecule has 15 amide bonds. The fraction of sp³-hybridized carbons (Fsp3) is 0.610. The maximum Gasteiger partial charge on any atom is 0.305 e. The summed E-state index contributed by atoms with van der Waals surface area (Å²) in [7, 11) is 1.39. The van der Waals surface area contributed by atoms with E-state index in [2.05, 4.69) is 85.1 Å². The predicted octanol–water partition coefficient (Wildman–Crippen LogP) is -3.89. The van der Waals surface area contributed by atoms with Crippen LogP contribution in [0.5, 0.6) is 0 Å². The first kappa shape index (κ1) is 110. The van der Waals surface area contributed by atoms with E-state index in [4.69, 9.17) is 22.6 Å². The normalized spacial score (nSPS) is 14.4. The SMILES string of the molecule is CCCC[C@H](NC(=O)[C@H](CCC(N)=O)NC(=O)[C@H](CCCCN)NC(=O)[C@H](CO)NC(=O)[C@H](CC(C)C)NC(=O)[C@H](CC(=O)O)NCc1ccccc1)C(=O)N[C@@H](CCC(=O)O)C(=O)N[C@@H](CCC(=O)O)C(=O)N[C@@H](CCC(=O)O)C(=O)N[C@@H](C)C(=O)N[C@H](C(=O)N[C@H](CCCNC(=N)N)C(=O)N[C@@H](CC(C)C)C(=O)N[C@@H](Cc1ccccc1)C(=O)NC)C(C)C. The number of aliphatic hydroxyl groups excluding tert-OH is 1. The molecule has 14 atom stereocenters. The predicted molar refractivity (Wildman–Crippen MR) is 456 cm³/mol. The van der Waals surface area contributed by atoms with Crippen LogP contribution in [0.4, 0.5) is 0 Å². The van der Waals surface area contributed by atoms with Crippen LogP contribution in [-0.2, 0) is 104 Å². The topological polar surface area (TPSA) is 720 Å². The van der Waals surface area contributed by atoms with Crippen LogP contribution in [0.25, 0.3) is 0 Å². The van der Waals surface area contributed by atoms with Gasteiger partial charge in [0.05, 0.1) is 19.1 Å². The highest BCUT2D eigenvalue weighted by Crippen LogP contribution is 2.16. The first-order valence-electron chi connectivity index (χ1n) is 42.0. The molecule has 702 valence electrons. The number of nitrogens with two attached hydrogens (primary N) is 3. The molecule has 0 radical (unpaired) electrons. The Kier molecular flexibility index (Phi) is 51.0.